The molecule has 0 aromatic carbocycles. The molecule has 0 aliphatic heterocycles. The maximum Gasteiger partial charge on any atom is 0.247 e. The lowest BCUT2D eigenvalue weighted by molar-refractivity contribution is 0.324. The van der Waals surface area contributed by atoms with Gasteiger partial charge in [-0.05, 0) is 40.9 Å². The van der Waals surface area contributed by atoms with Crippen molar-refractivity contribution in [3.8, 4) is 0 Å². The largest absolute Gasteiger partial charge is 0.320 e. The summed E-state index contributed by atoms with van der Waals surface area (Å²) in [6.07, 6.45) is 13.9. The van der Waals surface area contributed by atoms with Crippen LogP contribution in [0.4, 0.5) is 11.6 Å². The predicted octanol–water partition coefficient (Wildman–Crippen LogP) is 3.58. The summed E-state index contributed by atoms with van der Waals surface area (Å²) in [7, 11) is 0. The Labute approximate surface area is 169 Å². The van der Waals surface area contributed by atoms with Crippen molar-refractivity contribution in [3.05, 3.63) is 47.1 Å². The van der Waals surface area contributed by atoms with Crippen LogP contribution in [-0.4, -0.2) is 39.4 Å². The summed E-state index contributed by atoms with van der Waals surface area (Å²) >= 11 is 3.48. The lowest BCUT2D eigenvalue weighted by Gasteiger charge is -2.20. The van der Waals surface area contributed by atoms with Crippen LogP contribution in [0.3, 0.4) is 0 Å². The van der Waals surface area contributed by atoms with Gasteiger partial charge in [-0.2, -0.15) is 10.1 Å². The van der Waals surface area contributed by atoms with E-state index in [-0.39, 0.29) is 0 Å². The lowest BCUT2D eigenvalue weighted by atomic mass is 9.96. The fraction of sp³-hybridized carbons (Fsp3) is 0.389. The predicted molar refractivity (Wildman–Crippen MR) is 107 cm³/mol. The number of hydrogen-bond acceptors (Lipinski definition) is 6. The van der Waals surface area contributed by atoms with Gasteiger partial charge in [0, 0.05) is 12.4 Å². The smallest absolute Gasteiger partial charge is 0.247 e. The van der Waals surface area contributed by atoms with Crippen LogP contribution in [0.15, 0.2) is 41.4 Å². The maximum absolute atomic E-state index is 4.49. The second kappa shape index (κ2) is 7.34. The van der Waals surface area contributed by atoms with E-state index >= 15 is 0 Å². The molecule has 0 spiro atoms. The molecule has 4 heterocycles. The molecule has 144 valence electrons. The van der Waals surface area contributed by atoms with Crippen molar-refractivity contribution in [2.24, 2.45) is 0 Å². The molecule has 0 bridgehead atoms. The minimum absolute atomic E-state index is 0.491. The number of nitrogens with zero attached hydrogens (tertiary/aromatic N) is 8. The van der Waals surface area contributed by atoms with Gasteiger partial charge in [-0.15, -0.1) is 10.2 Å². The Hall–Kier alpha value is -2.75. The second-order valence-corrected chi connectivity index (χ2v) is 7.95. The summed E-state index contributed by atoms with van der Waals surface area (Å²) in [5, 5.41) is 20.7. The first-order chi connectivity index (χ1) is 13.7. The number of anilines is 2. The highest BCUT2D eigenvalue weighted by Crippen LogP contribution is 2.27. The van der Waals surface area contributed by atoms with E-state index in [0.29, 0.717) is 18.5 Å². The van der Waals surface area contributed by atoms with Crippen LogP contribution in [0, 0.1) is 0 Å². The Balaban J connectivity index is 1.27. The molecule has 4 aromatic heterocycles. The minimum atomic E-state index is 0.491. The SMILES string of the molecule is Brc1cccn2nc(Nc3cnn(Cc4cn(C5CCCCC5)nn4)c3)nc12. The summed E-state index contributed by atoms with van der Waals surface area (Å²) in [5.41, 5.74) is 2.50. The standard InChI is InChI=1S/C18H20BrN9/c19-16-7-4-8-27-17(16)22-18(24-27)21-13-9-20-26(10-13)11-14-12-28(25-23-14)15-5-2-1-3-6-15/h4,7-10,12,15H,1-3,5-6,11H2,(H,21,24). The van der Waals surface area contributed by atoms with Gasteiger partial charge in [-0.1, -0.05) is 24.5 Å². The van der Waals surface area contributed by atoms with Gasteiger partial charge in [0.25, 0.3) is 0 Å². The highest BCUT2D eigenvalue weighted by Gasteiger charge is 2.17. The highest BCUT2D eigenvalue weighted by atomic mass is 79.9. The van der Waals surface area contributed by atoms with Crippen molar-refractivity contribution in [1.29, 1.82) is 0 Å². The average Bonchev–Trinajstić information content (AvgIpc) is 3.44. The molecular weight excluding hydrogens is 422 g/mol. The van der Waals surface area contributed by atoms with Crippen molar-refractivity contribution in [1.82, 2.24) is 39.4 Å². The third-order valence-corrected chi connectivity index (χ3v) is 5.65. The van der Waals surface area contributed by atoms with E-state index in [9.17, 15) is 0 Å². The average molecular weight is 442 g/mol. The van der Waals surface area contributed by atoms with Gasteiger partial charge >= 0.3 is 0 Å². The number of fused-ring (bicyclic) bond motifs is 1. The molecule has 28 heavy (non-hydrogen) atoms. The summed E-state index contributed by atoms with van der Waals surface area (Å²) in [6, 6.07) is 4.34. The molecule has 0 radical (unpaired) electrons. The molecular formula is C18H20BrN9. The van der Waals surface area contributed by atoms with E-state index in [0.717, 1.165) is 21.5 Å². The molecule has 1 aliphatic rings. The van der Waals surface area contributed by atoms with Crippen LogP contribution < -0.4 is 5.32 Å². The van der Waals surface area contributed by atoms with Crippen LogP contribution in [0.5, 0.6) is 0 Å². The van der Waals surface area contributed by atoms with Gasteiger partial charge in [-0.25, -0.2) is 9.20 Å². The normalized spacial score (nSPS) is 15.3. The Morgan fingerprint density at radius 3 is 2.93 bits per heavy atom. The molecule has 1 N–H and O–H groups in total. The first-order valence-corrected chi connectivity index (χ1v) is 10.2. The topological polar surface area (TPSA) is 90.8 Å². The molecule has 10 heteroatoms. The third-order valence-electron chi connectivity index (χ3n) is 5.03. The molecule has 0 atom stereocenters. The molecule has 1 fully saturated rings. The van der Waals surface area contributed by atoms with Crippen molar-refractivity contribution in [3.63, 3.8) is 0 Å². The number of halogens is 1. The highest BCUT2D eigenvalue weighted by molar-refractivity contribution is 9.10. The van der Waals surface area contributed by atoms with E-state index in [1.807, 2.05) is 40.1 Å². The molecule has 0 saturated heterocycles. The van der Waals surface area contributed by atoms with E-state index in [1.54, 1.807) is 10.7 Å². The quantitative estimate of drug-likeness (QED) is 0.508. The van der Waals surface area contributed by atoms with E-state index in [2.05, 4.69) is 46.7 Å². The summed E-state index contributed by atoms with van der Waals surface area (Å²) in [4.78, 5) is 4.49. The lowest BCUT2D eigenvalue weighted by Crippen LogP contribution is -2.13. The Morgan fingerprint density at radius 1 is 1.18 bits per heavy atom. The van der Waals surface area contributed by atoms with E-state index in [1.165, 1.54) is 32.1 Å². The molecule has 4 aromatic rings. The first-order valence-electron chi connectivity index (χ1n) is 9.46. The summed E-state index contributed by atoms with van der Waals surface area (Å²) < 4.78 is 6.48. The number of nitrogens with one attached hydrogen (secondary N) is 1. The Bertz CT molecular complexity index is 1090. The molecule has 5 rings (SSSR count). The maximum atomic E-state index is 4.49. The van der Waals surface area contributed by atoms with Crippen molar-refractivity contribution in [2.45, 2.75) is 44.7 Å². The van der Waals surface area contributed by atoms with Crippen molar-refractivity contribution >= 4 is 33.2 Å². The van der Waals surface area contributed by atoms with Crippen LogP contribution in [0.1, 0.15) is 43.8 Å². The fourth-order valence-corrected chi connectivity index (χ4v) is 4.07. The van der Waals surface area contributed by atoms with Gasteiger partial charge < -0.3 is 5.32 Å². The van der Waals surface area contributed by atoms with Crippen LogP contribution in [0.25, 0.3) is 5.65 Å². The Morgan fingerprint density at radius 2 is 2.07 bits per heavy atom. The molecule has 0 amide bonds. The number of pyridine rings is 1. The van der Waals surface area contributed by atoms with E-state index < -0.39 is 0 Å². The zero-order valence-corrected chi connectivity index (χ0v) is 16.8. The van der Waals surface area contributed by atoms with Gasteiger partial charge in [0.2, 0.25) is 5.95 Å². The van der Waals surface area contributed by atoms with Gasteiger partial charge in [0.1, 0.15) is 5.69 Å². The monoisotopic (exact) mass is 441 g/mol. The molecule has 1 aliphatic carbocycles. The van der Waals surface area contributed by atoms with Crippen molar-refractivity contribution < 1.29 is 0 Å². The van der Waals surface area contributed by atoms with Gasteiger partial charge in [-0.3, -0.25) is 4.68 Å². The minimum Gasteiger partial charge on any atom is -0.320 e. The zero-order chi connectivity index (χ0) is 18.9. The number of hydrogen-bond donors (Lipinski definition) is 1. The summed E-state index contributed by atoms with van der Waals surface area (Å²) in [5.74, 6) is 0.523. The van der Waals surface area contributed by atoms with Crippen LogP contribution >= 0.6 is 15.9 Å². The zero-order valence-electron chi connectivity index (χ0n) is 15.2. The molecule has 9 nitrogen and oxygen atoms in total. The van der Waals surface area contributed by atoms with Gasteiger partial charge in [0.15, 0.2) is 5.65 Å². The van der Waals surface area contributed by atoms with Crippen LogP contribution in [-0.2, 0) is 6.54 Å². The third kappa shape index (κ3) is 3.51. The first kappa shape index (κ1) is 17.4. The van der Waals surface area contributed by atoms with Gasteiger partial charge in [0.05, 0.1) is 35.1 Å². The van der Waals surface area contributed by atoms with E-state index in [4.69, 9.17) is 0 Å². The molecule has 1 saturated carbocycles. The molecule has 0 unspecified atom stereocenters. The Kier molecular flexibility index (Phi) is 4.55. The fourth-order valence-electron chi connectivity index (χ4n) is 3.65. The number of aromatic nitrogens is 8. The van der Waals surface area contributed by atoms with Crippen molar-refractivity contribution in [2.75, 3.05) is 5.32 Å². The number of rotatable bonds is 5. The summed E-state index contributed by atoms with van der Waals surface area (Å²) in [6.45, 7) is 0.582. The second-order valence-electron chi connectivity index (χ2n) is 7.09. The van der Waals surface area contributed by atoms with Crippen LogP contribution in [0.2, 0.25) is 0 Å².